The number of nitrogen functional groups attached to an aromatic ring is 1. The number of hydrogen-bond acceptors (Lipinski definition) is 5. The molecule has 0 atom stereocenters. The fourth-order valence-corrected chi connectivity index (χ4v) is 3.75. The van der Waals surface area contributed by atoms with Crippen molar-refractivity contribution in [2.75, 3.05) is 23.8 Å². The van der Waals surface area contributed by atoms with Gasteiger partial charge in [0.1, 0.15) is 11.6 Å². The Morgan fingerprint density at radius 2 is 1.74 bits per heavy atom. The number of ether oxygens (including phenoxy) is 1. The molecule has 0 bridgehead atoms. The number of hydrogen-bond donors (Lipinski definition) is 2. The molecule has 0 saturated heterocycles. The first-order valence-corrected chi connectivity index (χ1v) is 11.3. The minimum atomic E-state index is -0.699. The summed E-state index contributed by atoms with van der Waals surface area (Å²) in [5, 5.41) is 0. The van der Waals surface area contributed by atoms with Gasteiger partial charge in [-0.25, -0.2) is 4.79 Å². The predicted molar refractivity (Wildman–Crippen MR) is 134 cm³/mol. The number of nitrogens with one attached hydrogen (secondary N) is 1. The van der Waals surface area contributed by atoms with Crippen LogP contribution in [0.15, 0.2) is 58.1 Å². The summed E-state index contributed by atoms with van der Waals surface area (Å²) in [5.74, 6) is 0.389. The summed E-state index contributed by atoms with van der Waals surface area (Å²) in [4.78, 5) is 42.3. The zero-order chi connectivity index (χ0) is 24.8. The second-order valence-corrected chi connectivity index (χ2v) is 8.90. The van der Waals surface area contributed by atoms with Crippen LogP contribution in [0.3, 0.4) is 0 Å². The van der Waals surface area contributed by atoms with Gasteiger partial charge in [-0.3, -0.25) is 19.1 Å². The molecule has 1 heterocycles. The molecule has 3 rings (SSSR count). The molecule has 180 valence electrons. The van der Waals surface area contributed by atoms with Crippen LogP contribution in [0, 0.1) is 19.8 Å². The largest absolute Gasteiger partial charge is 0.484 e. The number of aromatic nitrogens is 2. The molecule has 8 heteroatoms. The van der Waals surface area contributed by atoms with Crippen molar-refractivity contribution in [2.45, 2.75) is 40.7 Å². The number of anilines is 2. The molecule has 3 N–H and O–H groups in total. The van der Waals surface area contributed by atoms with Gasteiger partial charge in [0.2, 0.25) is 0 Å². The molecule has 1 aromatic heterocycles. The van der Waals surface area contributed by atoms with Crippen molar-refractivity contribution < 1.29 is 9.53 Å². The monoisotopic (exact) mass is 464 g/mol. The van der Waals surface area contributed by atoms with Crippen LogP contribution < -0.4 is 26.6 Å². The first-order valence-electron chi connectivity index (χ1n) is 11.3. The molecule has 0 aliphatic carbocycles. The topological polar surface area (TPSA) is 110 Å². The molecule has 0 saturated carbocycles. The lowest BCUT2D eigenvalue weighted by Gasteiger charge is -2.25. The van der Waals surface area contributed by atoms with Gasteiger partial charge in [0.15, 0.2) is 12.3 Å². The van der Waals surface area contributed by atoms with Crippen molar-refractivity contribution in [3.63, 3.8) is 0 Å². The highest BCUT2D eigenvalue weighted by Crippen LogP contribution is 2.21. The normalized spacial score (nSPS) is 11.0. The fraction of sp³-hybridized carbons (Fsp3) is 0.346. The third-order valence-electron chi connectivity index (χ3n) is 5.46. The number of aromatic amines is 1. The van der Waals surface area contributed by atoms with E-state index in [9.17, 15) is 14.4 Å². The van der Waals surface area contributed by atoms with E-state index < -0.39 is 17.2 Å². The van der Waals surface area contributed by atoms with E-state index in [4.69, 9.17) is 10.5 Å². The number of aryl methyl sites for hydroxylation is 2. The van der Waals surface area contributed by atoms with Gasteiger partial charge in [-0.15, -0.1) is 0 Å². The Morgan fingerprint density at radius 1 is 1.09 bits per heavy atom. The first kappa shape index (κ1) is 24.8. The third-order valence-corrected chi connectivity index (χ3v) is 5.46. The lowest BCUT2D eigenvalue weighted by molar-refractivity contribution is -0.120. The van der Waals surface area contributed by atoms with Gasteiger partial charge >= 0.3 is 5.69 Å². The van der Waals surface area contributed by atoms with E-state index in [0.717, 1.165) is 16.7 Å². The molecule has 8 nitrogen and oxygen atoms in total. The van der Waals surface area contributed by atoms with E-state index >= 15 is 0 Å². The standard InChI is InChI=1S/C26H32N4O4/c1-17(2)10-11-29(22(31)16-34-21-13-18(3)12-19(4)14-21)23-24(27)30(26(33)28-25(23)32)15-20-8-6-5-7-9-20/h5-9,12-14,17H,10-11,15-16,27H2,1-4H3,(H,28,32,33). The minimum Gasteiger partial charge on any atom is -0.484 e. The maximum Gasteiger partial charge on any atom is 0.330 e. The Morgan fingerprint density at radius 3 is 2.35 bits per heavy atom. The molecule has 0 fully saturated rings. The molecule has 0 unspecified atom stereocenters. The average Bonchev–Trinajstić information content (AvgIpc) is 2.77. The second kappa shape index (κ2) is 10.9. The van der Waals surface area contributed by atoms with Crippen LogP contribution in [0.4, 0.5) is 11.5 Å². The lowest BCUT2D eigenvalue weighted by Crippen LogP contribution is -2.43. The van der Waals surface area contributed by atoms with Gasteiger partial charge in [0.25, 0.3) is 11.5 Å². The minimum absolute atomic E-state index is 0.0368. The van der Waals surface area contributed by atoms with E-state index in [0.29, 0.717) is 12.2 Å². The van der Waals surface area contributed by atoms with E-state index in [-0.39, 0.29) is 37.1 Å². The Kier molecular flexibility index (Phi) is 7.94. The molecule has 1 amide bonds. The molecule has 34 heavy (non-hydrogen) atoms. The van der Waals surface area contributed by atoms with Crippen LogP contribution in [0.1, 0.15) is 37.0 Å². The number of H-pyrrole nitrogens is 1. The van der Waals surface area contributed by atoms with Crippen LogP contribution in [-0.2, 0) is 11.3 Å². The summed E-state index contributed by atoms with van der Waals surface area (Å²) in [7, 11) is 0. The fourth-order valence-electron chi connectivity index (χ4n) is 3.75. The summed E-state index contributed by atoms with van der Waals surface area (Å²) < 4.78 is 7.03. The van der Waals surface area contributed by atoms with Crippen LogP contribution in [-0.4, -0.2) is 28.6 Å². The first-order chi connectivity index (χ1) is 16.2. The molecular formula is C26H32N4O4. The molecule has 0 aliphatic rings. The lowest BCUT2D eigenvalue weighted by atomic mass is 10.1. The van der Waals surface area contributed by atoms with Gasteiger partial charge in [-0.2, -0.15) is 0 Å². The van der Waals surface area contributed by atoms with Crippen molar-refractivity contribution in [1.82, 2.24) is 9.55 Å². The highest BCUT2D eigenvalue weighted by atomic mass is 16.5. The van der Waals surface area contributed by atoms with Crippen molar-refractivity contribution in [3.8, 4) is 5.75 Å². The Hall–Kier alpha value is -3.81. The molecule has 2 aromatic carbocycles. The zero-order valence-electron chi connectivity index (χ0n) is 20.1. The number of rotatable bonds is 9. The van der Waals surface area contributed by atoms with Gasteiger partial charge in [0.05, 0.1) is 6.54 Å². The highest BCUT2D eigenvalue weighted by molar-refractivity contribution is 5.96. The maximum absolute atomic E-state index is 13.3. The average molecular weight is 465 g/mol. The number of carbonyl (C=O) groups is 1. The number of carbonyl (C=O) groups excluding carboxylic acids is 1. The summed E-state index contributed by atoms with van der Waals surface area (Å²) in [6.45, 7) is 8.12. The van der Waals surface area contributed by atoms with Crippen LogP contribution >= 0.6 is 0 Å². The van der Waals surface area contributed by atoms with Gasteiger partial charge in [0, 0.05) is 6.54 Å². The maximum atomic E-state index is 13.3. The van der Waals surface area contributed by atoms with E-state index in [1.165, 1.54) is 9.47 Å². The molecule has 0 aliphatic heterocycles. The molecule has 3 aromatic rings. The van der Waals surface area contributed by atoms with Crippen molar-refractivity contribution in [3.05, 3.63) is 86.1 Å². The predicted octanol–water partition coefficient (Wildman–Crippen LogP) is 3.24. The van der Waals surface area contributed by atoms with Gasteiger partial charge < -0.3 is 15.4 Å². The summed E-state index contributed by atoms with van der Waals surface area (Å²) in [6, 6.07) is 15.0. The summed E-state index contributed by atoms with van der Waals surface area (Å²) >= 11 is 0. The second-order valence-electron chi connectivity index (χ2n) is 8.90. The van der Waals surface area contributed by atoms with Crippen LogP contribution in [0.25, 0.3) is 0 Å². The van der Waals surface area contributed by atoms with Crippen molar-refractivity contribution in [1.29, 1.82) is 0 Å². The van der Waals surface area contributed by atoms with Crippen molar-refractivity contribution >= 4 is 17.4 Å². The molecule has 0 radical (unpaired) electrons. The molecule has 0 spiro atoms. The Balaban J connectivity index is 1.95. The SMILES string of the molecule is Cc1cc(C)cc(OCC(=O)N(CCC(C)C)c2c(N)n(Cc3ccccc3)c(=O)[nH]c2=O)c1. The van der Waals surface area contributed by atoms with E-state index in [1.807, 2.05) is 76.2 Å². The number of amides is 1. The van der Waals surface area contributed by atoms with Gasteiger partial charge in [-0.05, 0) is 55.0 Å². The summed E-state index contributed by atoms with van der Waals surface area (Å²) in [6.07, 6.45) is 0.645. The quantitative estimate of drug-likeness (QED) is 0.505. The number of nitrogens with zero attached hydrogens (tertiary/aromatic N) is 2. The Bertz CT molecular complexity index is 1240. The number of benzene rings is 2. The van der Waals surface area contributed by atoms with E-state index in [1.54, 1.807) is 0 Å². The highest BCUT2D eigenvalue weighted by Gasteiger charge is 2.25. The van der Waals surface area contributed by atoms with Crippen molar-refractivity contribution in [2.24, 2.45) is 5.92 Å². The number of nitrogens with two attached hydrogens (primary N) is 1. The Labute approximate surface area is 199 Å². The van der Waals surface area contributed by atoms with Crippen LogP contribution in [0.5, 0.6) is 5.75 Å². The molecular weight excluding hydrogens is 432 g/mol. The smallest absolute Gasteiger partial charge is 0.330 e. The zero-order valence-corrected chi connectivity index (χ0v) is 20.1. The van der Waals surface area contributed by atoms with Crippen LogP contribution in [0.2, 0.25) is 0 Å². The third kappa shape index (κ3) is 6.15. The van der Waals surface area contributed by atoms with E-state index in [2.05, 4.69) is 4.98 Å². The van der Waals surface area contributed by atoms with Gasteiger partial charge in [-0.1, -0.05) is 50.2 Å². The summed E-state index contributed by atoms with van der Waals surface area (Å²) in [5.41, 5.74) is 7.85.